The predicted octanol–water partition coefficient (Wildman–Crippen LogP) is 2.63. The lowest BCUT2D eigenvalue weighted by molar-refractivity contribution is 0.0620. The Kier molecular flexibility index (Phi) is 5.26. The largest absolute Gasteiger partial charge is 0.396 e. The van der Waals surface area contributed by atoms with Crippen LogP contribution >= 0.6 is 0 Å². The minimum absolute atomic E-state index is 0.0872. The van der Waals surface area contributed by atoms with E-state index in [0.717, 1.165) is 12.8 Å². The molecule has 3 aromatic rings. The summed E-state index contributed by atoms with van der Waals surface area (Å²) in [5, 5.41) is 16.7. The van der Waals surface area contributed by atoms with Crippen molar-refractivity contribution in [2.24, 2.45) is 5.92 Å². The van der Waals surface area contributed by atoms with Gasteiger partial charge in [0.05, 0.1) is 16.6 Å². The Bertz CT molecular complexity index is 1060. The molecule has 0 aliphatic carbocycles. The zero-order valence-corrected chi connectivity index (χ0v) is 16.1. The molecule has 4 rings (SSSR count). The first-order chi connectivity index (χ1) is 14.0. The summed E-state index contributed by atoms with van der Waals surface area (Å²) in [7, 11) is 0. The molecule has 0 saturated carbocycles. The Morgan fingerprint density at radius 2 is 2.17 bits per heavy atom. The maximum absolute atomic E-state index is 12.8. The molecule has 1 aromatic carbocycles. The molecule has 2 amide bonds. The van der Waals surface area contributed by atoms with E-state index in [0.29, 0.717) is 46.7 Å². The molecule has 0 bridgehead atoms. The number of benzene rings is 1. The van der Waals surface area contributed by atoms with Crippen LogP contribution in [0.1, 0.15) is 39.3 Å². The Balaban J connectivity index is 1.50. The smallest absolute Gasteiger partial charge is 0.257 e. The maximum Gasteiger partial charge on any atom is 0.257 e. The summed E-state index contributed by atoms with van der Waals surface area (Å²) in [5.74, 6) is -0.302. The first kappa shape index (κ1) is 19.1. The van der Waals surface area contributed by atoms with Crippen LogP contribution in [0.2, 0.25) is 0 Å². The highest BCUT2D eigenvalue weighted by molar-refractivity contribution is 6.06. The van der Waals surface area contributed by atoms with E-state index < -0.39 is 0 Å². The van der Waals surface area contributed by atoms with Crippen molar-refractivity contribution < 1.29 is 19.2 Å². The molecule has 3 heterocycles. The van der Waals surface area contributed by atoms with Crippen LogP contribution in [-0.2, 0) is 0 Å². The van der Waals surface area contributed by atoms with Crippen LogP contribution in [0.5, 0.6) is 0 Å². The van der Waals surface area contributed by atoms with Gasteiger partial charge in [0.25, 0.3) is 17.5 Å². The number of hydrogen-bond acceptors (Lipinski definition) is 6. The normalized spacial score (nSPS) is 16.8. The number of rotatable bonds is 4. The number of likely N-dealkylation sites (tertiary alicyclic amines) is 1. The number of hydrogen-bond donors (Lipinski definition) is 2. The summed E-state index contributed by atoms with van der Waals surface area (Å²) in [6.07, 6.45) is 3.24. The molecule has 1 aliphatic heterocycles. The maximum atomic E-state index is 12.8. The van der Waals surface area contributed by atoms with Gasteiger partial charge in [0.2, 0.25) is 0 Å². The van der Waals surface area contributed by atoms with Gasteiger partial charge in [0.1, 0.15) is 0 Å². The zero-order chi connectivity index (χ0) is 20.4. The third-order valence-electron chi connectivity index (χ3n) is 5.20. The second kappa shape index (κ2) is 8.00. The lowest BCUT2D eigenvalue weighted by Gasteiger charge is -2.32. The number of nitrogens with one attached hydrogen (secondary N) is 1. The van der Waals surface area contributed by atoms with Gasteiger partial charge in [-0.3, -0.25) is 9.59 Å². The molecule has 1 unspecified atom stereocenters. The number of aliphatic hydroxyl groups excluding tert-OH is 1. The van der Waals surface area contributed by atoms with Crippen molar-refractivity contribution in [3.05, 3.63) is 53.3 Å². The number of amides is 2. The lowest BCUT2D eigenvalue weighted by atomic mass is 9.98. The lowest BCUT2D eigenvalue weighted by Crippen LogP contribution is -2.40. The van der Waals surface area contributed by atoms with Crippen LogP contribution in [0.25, 0.3) is 11.1 Å². The van der Waals surface area contributed by atoms with Crippen LogP contribution < -0.4 is 5.32 Å². The van der Waals surface area contributed by atoms with Crippen molar-refractivity contribution in [1.29, 1.82) is 0 Å². The van der Waals surface area contributed by atoms with Crippen molar-refractivity contribution in [1.82, 2.24) is 15.0 Å². The zero-order valence-electron chi connectivity index (χ0n) is 16.1. The molecule has 0 radical (unpaired) electrons. The molecule has 2 aromatic heterocycles. The third kappa shape index (κ3) is 3.97. The van der Waals surface area contributed by atoms with Gasteiger partial charge >= 0.3 is 0 Å². The van der Waals surface area contributed by atoms with Crippen molar-refractivity contribution in [3.8, 4) is 0 Å². The van der Waals surface area contributed by atoms with E-state index in [9.17, 15) is 14.7 Å². The molecule has 8 heteroatoms. The van der Waals surface area contributed by atoms with Crippen molar-refractivity contribution in [2.75, 3.05) is 25.0 Å². The number of anilines is 1. The fraction of sp³-hybridized carbons (Fsp3) is 0.333. The number of aryl methyl sites for hydroxylation is 1. The number of pyridine rings is 1. The summed E-state index contributed by atoms with van der Waals surface area (Å²) < 4.78 is 5.07. The molecule has 1 aliphatic rings. The molecule has 150 valence electrons. The first-order valence-electron chi connectivity index (χ1n) is 9.58. The fourth-order valence-corrected chi connectivity index (χ4v) is 3.58. The van der Waals surface area contributed by atoms with Crippen molar-refractivity contribution in [2.45, 2.75) is 19.8 Å². The number of carbonyl (C=O) groups excluding carboxylic acids is 2. The van der Waals surface area contributed by atoms with E-state index in [1.54, 1.807) is 42.2 Å². The average molecular weight is 394 g/mol. The molecule has 1 fully saturated rings. The Hall–Kier alpha value is -3.26. The first-order valence-corrected chi connectivity index (χ1v) is 9.58. The van der Waals surface area contributed by atoms with Gasteiger partial charge in [-0.15, -0.1) is 0 Å². The molecule has 2 N–H and O–H groups in total. The number of aromatic nitrogens is 2. The number of nitrogens with zero attached hydrogens (tertiary/aromatic N) is 3. The molecule has 8 nitrogen and oxygen atoms in total. The third-order valence-corrected chi connectivity index (χ3v) is 5.20. The van der Waals surface area contributed by atoms with Gasteiger partial charge < -0.3 is 19.8 Å². The predicted molar refractivity (Wildman–Crippen MR) is 107 cm³/mol. The fourth-order valence-electron chi connectivity index (χ4n) is 3.58. The van der Waals surface area contributed by atoms with E-state index >= 15 is 0 Å². The van der Waals surface area contributed by atoms with Gasteiger partial charge in [-0.25, -0.2) is 4.98 Å². The second-order valence-electron chi connectivity index (χ2n) is 7.32. The highest BCUT2D eigenvalue weighted by atomic mass is 16.5. The summed E-state index contributed by atoms with van der Waals surface area (Å²) >= 11 is 0. The molecular formula is C21H22N4O4. The molecule has 1 atom stereocenters. The van der Waals surface area contributed by atoms with Gasteiger partial charge in [0.15, 0.2) is 0 Å². The Morgan fingerprint density at radius 1 is 1.31 bits per heavy atom. The highest BCUT2D eigenvalue weighted by Crippen LogP contribution is 2.21. The van der Waals surface area contributed by atoms with E-state index in [1.165, 1.54) is 6.20 Å². The Morgan fingerprint density at radius 3 is 3.00 bits per heavy atom. The standard InChI is InChI=1S/C21H22N4O4/c1-13-18-9-16(10-22-20(18)29-24-13)19(27)23-17-6-2-5-15(8-17)21(28)25-7-3-4-14(11-25)12-26/h2,5-6,8-10,14,26H,3-4,7,11-12H2,1H3,(H,23,27). The molecule has 29 heavy (non-hydrogen) atoms. The minimum Gasteiger partial charge on any atom is -0.396 e. The summed E-state index contributed by atoms with van der Waals surface area (Å²) in [6, 6.07) is 8.55. The topological polar surface area (TPSA) is 109 Å². The number of fused-ring (bicyclic) bond motifs is 1. The molecular weight excluding hydrogens is 372 g/mol. The van der Waals surface area contributed by atoms with Crippen LogP contribution in [-0.4, -0.2) is 51.7 Å². The summed E-state index contributed by atoms with van der Waals surface area (Å²) in [4.78, 5) is 31.3. The van der Waals surface area contributed by atoms with Gasteiger partial charge in [-0.1, -0.05) is 11.2 Å². The Labute approximate surface area is 167 Å². The van der Waals surface area contributed by atoms with E-state index in [1.807, 2.05) is 0 Å². The summed E-state index contributed by atoms with van der Waals surface area (Å²) in [5.41, 5.74) is 2.46. The highest BCUT2D eigenvalue weighted by Gasteiger charge is 2.24. The van der Waals surface area contributed by atoms with Crippen LogP contribution in [0, 0.1) is 12.8 Å². The van der Waals surface area contributed by atoms with Crippen LogP contribution in [0.4, 0.5) is 5.69 Å². The van der Waals surface area contributed by atoms with Gasteiger partial charge in [-0.05, 0) is 49.9 Å². The van der Waals surface area contributed by atoms with Crippen molar-refractivity contribution >= 4 is 28.6 Å². The number of aliphatic hydroxyl groups is 1. The average Bonchev–Trinajstić information content (AvgIpc) is 3.13. The number of piperidine rings is 1. The van der Waals surface area contributed by atoms with E-state index in [-0.39, 0.29) is 24.3 Å². The van der Waals surface area contributed by atoms with E-state index in [4.69, 9.17) is 4.52 Å². The van der Waals surface area contributed by atoms with Crippen LogP contribution in [0.3, 0.4) is 0 Å². The minimum atomic E-state index is -0.331. The summed E-state index contributed by atoms with van der Waals surface area (Å²) in [6.45, 7) is 3.10. The monoisotopic (exact) mass is 394 g/mol. The van der Waals surface area contributed by atoms with Crippen LogP contribution in [0.15, 0.2) is 41.1 Å². The van der Waals surface area contributed by atoms with Crippen molar-refractivity contribution in [3.63, 3.8) is 0 Å². The quantitative estimate of drug-likeness (QED) is 0.704. The SMILES string of the molecule is Cc1noc2ncc(C(=O)Nc3cccc(C(=O)N4CCCC(CO)C4)c3)cc12. The van der Waals surface area contributed by atoms with Gasteiger partial charge in [-0.2, -0.15) is 0 Å². The van der Waals surface area contributed by atoms with E-state index in [2.05, 4.69) is 15.5 Å². The molecule has 1 saturated heterocycles. The molecule has 0 spiro atoms. The second-order valence-corrected chi connectivity index (χ2v) is 7.32. The van der Waals surface area contributed by atoms with Gasteiger partial charge in [0, 0.05) is 37.1 Å². The number of carbonyl (C=O) groups is 2.